The molecule has 2 rings (SSSR count). The number of hydrogen-bond acceptors (Lipinski definition) is 2. The number of carbonyl (C=O) groups excluding carboxylic acids is 1. The van der Waals surface area contributed by atoms with E-state index in [1.54, 1.807) is 0 Å². The first-order chi connectivity index (χ1) is 10.1. The van der Waals surface area contributed by atoms with E-state index in [2.05, 4.69) is 18.7 Å². The van der Waals surface area contributed by atoms with Crippen molar-refractivity contribution in [1.82, 2.24) is 4.90 Å². The first-order valence-electron chi connectivity index (χ1n) is 9.06. The maximum atomic E-state index is 12.7. The average molecular weight is 294 g/mol. The van der Waals surface area contributed by atoms with Gasteiger partial charge in [0.2, 0.25) is 5.91 Å². The molecule has 0 atom stereocenters. The topological polar surface area (TPSA) is 46.3 Å². The Hall–Kier alpha value is -0.570. The molecule has 1 heterocycles. The highest BCUT2D eigenvalue weighted by Crippen LogP contribution is 2.41. The zero-order valence-corrected chi connectivity index (χ0v) is 14.1. The van der Waals surface area contributed by atoms with Crippen molar-refractivity contribution in [2.24, 2.45) is 16.6 Å². The monoisotopic (exact) mass is 294 g/mol. The van der Waals surface area contributed by atoms with Crippen LogP contribution in [-0.4, -0.2) is 30.4 Å². The standard InChI is InChI=1S/C18H34N2O/c1-3-17(4-2)10-12-20(13-11-17)16(21)14-18(15-19)8-6-5-7-9-18/h3-15,19H2,1-2H3. The van der Waals surface area contributed by atoms with Crippen molar-refractivity contribution in [3.05, 3.63) is 0 Å². The second kappa shape index (κ2) is 7.13. The van der Waals surface area contributed by atoms with Gasteiger partial charge in [0.05, 0.1) is 0 Å². The zero-order valence-electron chi connectivity index (χ0n) is 14.1. The second-order valence-corrected chi connectivity index (χ2v) is 7.53. The first-order valence-corrected chi connectivity index (χ1v) is 9.06. The summed E-state index contributed by atoms with van der Waals surface area (Å²) in [4.78, 5) is 14.8. The van der Waals surface area contributed by atoms with E-state index in [0.29, 0.717) is 24.3 Å². The molecule has 21 heavy (non-hydrogen) atoms. The second-order valence-electron chi connectivity index (χ2n) is 7.53. The average Bonchev–Trinajstić information content (AvgIpc) is 2.55. The van der Waals surface area contributed by atoms with Crippen molar-refractivity contribution in [2.45, 2.75) is 78.1 Å². The van der Waals surface area contributed by atoms with E-state index < -0.39 is 0 Å². The Bertz CT molecular complexity index is 333. The predicted octanol–water partition coefficient (Wildman–Crippen LogP) is 3.71. The SMILES string of the molecule is CCC1(CC)CCN(C(=O)CC2(CN)CCCCC2)CC1. The number of piperidine rings is 1. The fourth-order valence-electron chi connectivity index (χ4n) is 4.38. The number of nitrogens with zero attached hydrogens (tertiary/aromatic N) is 1. The van der Waals surface area contributed by atoms with Crippen LogP contribution < -0.4 is 5.73 Å². The van der Waals surface area contributed by atoms with Crippen LogP contribution in [0.4, 0.5) is 0 Å². The first kappa shape index (κ1) is 16.8. The van der Waals surface area contributed by atoms with Crippen molar-refractivity contribution in [3.8, 4) is 0 Å². The van der Waals surface area contributed by atoms with Crippen LogP contribution in [0, 0.1) is 10.8 Å². The van der Waals surface area contributed by atoms with Crippen LogP contribution in [0.2, 0.25) is 0 Å². The molecule has 2 aliphatic rings. The molecule has 1 saturated carbocycles. The Morgan fingerprint density at radius 3 is 2.00 bits per heavy atom. The van der Waals surface area contributed by atoms with Crippen LogP contribution in [0.3, 0.4) is 0 Å². The summed E-state index contributed by atoms with van der Waals surface area (Å²) >= 11 is 0. The molecule has 1 aliphatic carbocycles. The van der Waals surface area contributed by atoms with E-state index >= 15 is 0 Å². The molecule has 122 valence electrons. The van der Waals surface area contributed by atoms with Gasteiger partial charge in [0.1, 0.15) is 0 Å². The predicted molar refractivity (Wildman–Crippen MR) is 88.0 cm³/mol. The molecule has 3 heteroatoms. The maximum absolute atomic E-state index is 12.7. The summed E-state index contributed by atoms with van der Waals surface area (Å²) in [6.45, 7) is 7.20. The molecular weight excluding hydrogens is 260 g/mol. The molecule has 0 bridgehead atoms. The van der Waals surface area contributed by atoms with Crippen LogP contribution in [0.15, 0.2) is 0 Å². The van der Waals surface area contributed by atoms with Gasteiger partial charge in [-0.2, -0.15) is 0 Å². The minimum absolute atomic E-state index is 0.110. The third-order valence-electron chi connectivity index (χ3n) is 6.55. The van der Waals surface area contributed by atoms with E-state index in [1.807, 2.05) is 0 Å². The largest absolute Gasteiger partial charge is 0.343 e. The molecule has 2 N–H and O–H groups in total. The molecule has 1 amide bonds. The van der Waals surface area contributed by atoms with Gasteiger partial charge in [0.15, 0.2) is 0 Å². The van der Waals surface area contributed by atoms with E-state index in [0.717, 1.165) is 25.9 Å². The van der Waals surface area contributed by atoms with Gasteiger partial charge in [-0.25, -0.2) is 0 Å². The normalized spacial score (nSPS) is 24.8. The summed E-state index contributed by atoms with van der Waals surface area (Å²) in [5.74, 6) is 0.364. The quantitative estimate of drug-likeness (QED) is 0.840. The van der Waals surface area contributed by atoms with Crippen LogP contribution in [0.5, 0.6) is 0 Å². The van der Waals surface area contributed by atoms with Gasteiger partial charge in [0.25, 0.3) is 0 Å². The third-order valence-corrected chi connectivity index (χ3v) is 6.55. The van der Waals surface area contributed by atoms with Crippen LogP contribution in [0.1, 0.15) is 78.1 Å². The minimum atomic E-state index is 0.110. The summed E-state index contributed by atoms with van der Waals surface area (Å²) in [5, 5.41) is 0. The van der Waals surface area contributed by atoms with Crippen molar-refractivity contribution in [2.75, 3.05) is 19.6 Å². The molecule has 2 fully saturated rings. The number of hydrogen-bond donors (Lipinski definition) is 1. The molecule has 0 aromatic rings. The van der Waals surface area contributed by atoms with Gasteiger partial charge in [-0.1, -0.05) is 46.0 Å². The molecular formula is C18H34N2O. The van der Waals surface area contributed by atoms with Gasteiger partial charge in [-0.05, 0) is 43.1 Å². The highest BCUT2D eigenvalue weighted by Gasteiger charge is 2.37. The van der Waals surface area contributed by atoms with Gasteiger partial charge >= 0.3 is 0 Å². The number of rotatable bonds is 5. The molecule has 1 saturated heterocycles. The lowest BCUT2D eigenvalue weighted by atomic mass is 9.71. The summed E-state index contributed by atoms with van der Waals surface area (Å²) < 4.78 is 0. The Balaban J connectivity index is 1.89. The highest BCUT2D eigenvalue weighted by molar-refractivity contribution is 5.77. The van der Waals surface area contributed by atoms with Crippen LogP contribution in [0.25, 0.3) is 0 Å². The fraction of sp³-hybridized carbons (Fsp3) is 0.944. The lowest BCUT2D eigenvalue weighted by Crippen LogP contribution is -2.46. The van der Waals surface area contributed by atoms with E-state index in [4.69, 9.17) is 5.73 Å². The summed E-state index contributed by atoms with van der Waals surface area (Å²) in [6.07, 6.45) is 11.7. The lowest BCUT2D eigenvalue weighted by Gasteiger charge is -2.43. The molecule has 0 aromatic heterocycles. The van der Waals surface area contributed by atoms with Gasteiger partial charge in [-0.3, -0.25) is 4.79 Å². The number of carbonyl (C=O) groups is 1. The van der Waals surface area contributed by atoms with E-state index in [9.17, 15) is 4.79 Å². The van der Waals surface area contributed by atoms with Gasteiger partial charge in [0, 0.05) is 19.5 Å². The summed E-state index contributed by atoms with van der Waals surface area (Å²) in [5.41, 5.74) is 6.64. The fourth-order valence-corrected chi connectivity index (χ4v) is 4.38. The number of likely N-dealkylation sites (tertiary alicyclic amines) is 1. The van der Waals surface area contributed by atoms with Gasteiger partial charge in [-0.15, -0.1) is 0 Å². The van der Waals surface area contributed by atoms with Crippen LogP contribution in [-0.2, 0) is 4.79 Å². The van der Waals surface area contributed by atoms with Crippen molar-refractivity contribution >= 4 is 5.91 Å². The summed E-state index contributed by atoms with van der Waals surface area (Å²) in [6, 6.07) is 0. The minimum Gasteiger partial charge on any atom is -0.343 e. The molecule has 0 radical (unpaired) electrons. The third kappa shape index (κ3) is 3.80. The number of nitrogens with two attached hydrogens (primary N) is 1. The van der Waals surface area contributed by atoms with Gasteiger partial charge < -0.3 is 10.6 Å². The van der Waals surface area contributed by atoms with E-state index in [-0.39, 0.29) is 5.41 Å². The smallest absolute Gasteiger partial charge is 0.223 e. The zero-order chi connectivity index (χ0) is 15.3. The Kier molecular flexibility index (Phi) is 5.70. The summed E-state index contributed by atoms with van der Waals surface area (Å²) in [7, 11) is 0. The van der Waals surface area contributed by atoms with Crippen LogP contribution >= 0.6 is 0 Å². The lowest BCUT2D eigenvalue weighted by molar-refractivity contribution is -0.136. The molecule has 0 unspecified atom stereocenters. The maximum Gasteiger partial charge on any atom is 0.223 e. The van der Waals surface area contributed by atoms with Crippen molar-refractivity contribution in [1.29, 1.82) is 0 Å². The van der Waals surface area contributed by atoms with Crippen molar-refractivity contribution in [3.63, 3.8) is 0 Å². The molecule has 0 aromatic carbocycles. The Morgan fingerprint density at radius 2 is 1.52 bits per heavy atom. The Labute approximate surface area is 130 Å². The molecule has 3 nitrogen and oxygen atoms in total. The molecule has 0 spiro atoms. The Morgan fingerprint density at radius 1 is 0.952 bits per heavy atom. The highest BCUT2D eigenvalue weighted by atomic mass is 16.2. The number of amides is 1. The van der Waals surface area contributed by atoms with Crippen molar-refractivity contribution < 1.29 is 4.79 Å². The molecule has 1 aliphatic heterocycles. The van der Waals surface area contributed by atoms with E-state index in [1.165, 1.54) is 44.9 Å².